The van der Waals surface area contributed by atoms with Crippen LogP contribution in [0.1, 0.15) is 31.0 Å². The number of carbonyl (C=O) groups is 2. The number of hydrogen-bond acceptors (Lipinski definition) is 2. The molecular formula is C13H17ClN2O2. The first-order valence-electron chi connectivity index (χ1n) is 5.72. The van der Waals surface area contributed by atoms with E-state index in [0.717, 1.165) is 11.1 Å². The Bertz CT molecular complexity index is 446. The van der Waals surface area contributed by atoms with Gasteiger partial charge in [0.25, 0.3) is 0 Å². The van der Waals surface area contributed by atoms with Gasteiger partial charge >= 0.3 is 6.03 Å². The SMILES string of the molecule is Cc1ccccc1C(C)NC(=O)NC(=O)C(C)Cl. The maximum Gasteiger partial charge on any atom is 0.321 e. The first kappa shape index (κ1) is 14.5. The molecule has 0 fully saturated rings. The zero-order chi connectivity index (χ0) is 13.7. The summed E-state index contributed by atoms with van der Waals surface area (Å²) in [6, 6.07) is 7.03. The minimum absolute atomic E-state index is 0.176. The summed E-state index contributed by atoms with van der Waals surface area (Å²) < 4.78 is 0. The molecule has 0 aromatic heterocycles. The molecule has 2 atom stereocenters. The molecule has 1 rings (SSSR count). The first-order valence-corrected chi connectivity index (χ1v) is 6.16. The standard InChI is InChI=1S/C13H17ClN2O2/c1-8-6-4-5-7-11(8)10(3)15-13(18)16-12(17)9(2)14/h4-7,9-10H,1-3H3,(H2,15,16,17,18). The second-order valence-electron chi connectivity index (χ2n) is 4.16. The molecule has 3 amide bonds. The van der Waals surface area contributed by atoms with Crippen molar-refractivity contribution in [3.63, 3.8) is 0 Å². The third-order valence-electron chi connectivity index (χ3n) is 2.60. The van der Waals surface area contributed by atoms with E-state index in [-0.39, 0.29) is 6.04 Å². The summed E-state index contributed by atoms with van der Waals surface area (Å²) in [6.45, 7) is 5.34. The molecule has 0 saturated heterocycles. The van der Waals surface area contributed by atoms with Gasteiger partial charge in [0.1, 0.15) is 5.38 Å². The third-order valence-corrected chi connectivity index (χ3v) is 2.80. The van der Waals surface area contributed by atoms with Gasteiger partial charge in [0.05, 0.1) is 6.04 Å². The lowest BCUT2D eigenvalue weighted by atomic mass is 10.0. The van der Waals surface area contributed by atoms with Gasteiger partial charge in [-0.1, -0.05) is 24.3 Å². The Morgan fingerprint density at radius 2 is 1.83 bits per heavy atom. The molecule has 98 valence electrons. The van der Waals surface area contributed by atoms with Crippen LogP contribution in [0.25, 0.3) is 0 Å². The predicted molar refractivity (Wildman–Crippen MR) is 71.6 cm³/mol. The molecule has 5 heteroatoms. The predicted octanol–water partition coefficient (Wildman–Crippen LogP) is 2.51. The maximum absolute atomic E-state index is 11.6. The monoisotopic (exact) mass is 268 g/mol. The Morgan fingerprint density at radius 1 is 1.22 bits per heavy atom. The van der Waals surface area contributed by atoms with Crippen LogP contribution in [-0.4, -0.2) is 17.3 Å². The molecule has 4 nitrogen and oxygen atoms in total. The molecule has 18 heavy (non-hydrogen) atoms. The molecule has 0 heterocycles. The molecule has 0 bridgehead atoms. The summed E-state index contributed by atoms with van der Waals surface area (Å²) in [5.41, 5.74) is 2.10. The van der Waals surface area contributed by atoms with Crippen LogP contribution in [0.2, 0.25) is 0 Å². The third kappa shape index (κ3) is 4.04. The number of alkyl halides is 1. The number of halogens is 1. The van der Waals surface area contributed by atoms with Crippen molar-refractivity contribution in [1.29, 1.82) is 0 Å². The fourth-order valence-corrected chi connectivity index (χ4v) is 1.65. The second kappa shape index (κ2) is 6.40. The number of aryl methyl sites for hydroxylation is 1. The normalized spacial score (nSPS) is 13.6. The number of imide groups is 1. The van der Waals surface area contributed by atoms with Crippen molar-refractivity contribution in [2.45, 2.75) is 32.2 Å². The van der Waals surface area contributed by atoms with E-state index in [4.69, 9.17) is 11.6 Å². The van der Waals surface area contributed by atoms with E-state index in [1.165, 1.54) is 6.92 Å². The fourth-order valence-electron chi connectivity index (χ4n) is 1.59. The highest BCUT2D eigenvalue weighted by atomic mass is 35.5. The number of benzene rings is 1. The lowest BCUT2D eigenvalue weighted by Crippen LogP contribution is -2.43. The second-order valence-corrected chi connectivity index (χ2v) is 4.81. The Hall–Kier alpha value is -1.55. The van der Waals surface area contributed by atoms with E-state index in [9.17, 15) is 9.59 Å². The Kier molecular flexibility index (Phi) is 5.16. The Labute approximate surface area is 112 Å². The van der Waals surface area contributed by atoms with E-state index in [0.29, 0.717) is 0 Å². The van der Waals surface area contributed by atoms with Crippen molar-refractivity contribution in [2.24, 2.45) is 0 Å². The van der Waals surface area contributed by atoms with Gasteiger partial charge < -0.3 is 5.32 Å². The van der Waals surface area contributed by atoms with Crippen LogP contribution in [0, 0.1) is 6.92 Å². The molecule has 0 radical (unpaired) electrons. The van der Waals surface area contributed by atoms with Gasteiger partial charge in [0.2, 0.25) is 5.91 Å². The number of urea groups is 1. The van der Waals surface area contributed by atoms with Crippen molar-refractivity contribution in [3.8, 4) is 0 Å². The maximum atomic E-state index is 11.6. The van der Waals surface area contributed by atoms with E-state index in [1.807, 2.05) is 38.1 Å². The Balaban J connectivity index is 2.60. The number of rotatable bonds is 3. The number of amides is 3. The minimum Gasteiger partial charge on any atom is -0.331 e. The van der Waals surface area contributed by atoms with E-state index in [2.05, 4.69) is 10.6 Å². The molecule has 1 aromatic rings. The summed E-state index contributed by atoms with van der Waals surface area (Å²) >= 11 is 5.56. The zero-order valence-corrected chi connectivity index (χ0v) is 11.4. The zero-order valence-electron chi connectivity index (χ0n) is 10.7. The molecule has 0 aliphatic rings. The van der Waals surface area contributed by atoms with Gasteiger partial charge in [-0.15, -0.1) is 11.6 Å². The summed E-state index contributed by atoms with van der Waals surface area (Å²) in [6.07, 6.45) is 0. The summed E-state index contributed by atoms with van der Waals surface area (Å²) in [7, 11) is 0. The van der Waals surface area contributed by atoms with Gasteiger partial charge in [-0.3, -0.25) is 10.1 Å². The van der Waals surface area contributed by atoms with Gasteiger partial charge in [0, 0.05) is 0 Å². The van der Waals surface area contributed by atoms with Crippen LogP contribution < -0.4 is 10.6 Å². The van der Waals surface area contributed by atoms with E-state index >= 15 is 0 Å². The van der Waals surface area contributed by atoms with Gasteiger partial charge in [-0.05, 0) is 31.9 Å². The van der Waals surface area contributed by atoms with Crippen molar-refractivity contribution in [2.75, 3.05) is 0 Å². The first-order chi connectivity index (χ1) is 8.41. The highest BCUT2D eigenvalue weighted by Crippen LogP contribution is 2.16. The highest BCUT2D eigenvalue weighted by Gasteiger charge is 2.15. The van der Waals surface area contributed by atoms with Crippen molar-refractivity contribution >= 4 is 23.5 Å². The van der Waals surface area contributed by atoms with Crippen LogP contribution in [-0.2, 0) is 4.79 Å². The smallest absolute Gasteiger partial charge is 0.321 e. The number of carbonyl (C=O) groups excluding carboxylic acids is 2. The topological polar surface area (TPSA) is 58.2 Å². The summed E-state index contributed by atoms with van der Waals surface area (Å²) in [5, 5.41) is 4.14. The van der Waals surface area contributed by atoms with Crippen LogP contribution in [0.5, 0.6) is 0 Å². The summed E-state index contributed by atoms with van der Waals surface area (Å²) in [4.78, 5) is 22.8. The van der Waals surface area contributed by atoms with E-state index < -0.39 is 17.3 Å². The molecule has 1 aromatic carbocycles. The highest BCUT2D eigenvalue weighted by molar-refractivity contribution is 6.31. The molecule has 0 saturated carbocycles. The van der Waals surface area contributed by atoms with Crippen molar-refractivity contribution in [1.82, 2.24) is 10.6 Å². The molecule has 0 aliphatic carbocycles. The van der Waals surface area contributed by atoms with Gasteiger partial charge in [-0.2, -0.15) is 0 Å². The average molecular weight is 269 g/mol. The minimum atomic E-state index is -0.732. The number of hydrogen-bond donors (Lipinski definition) is 2. The van der Waals surface area contributed by atoms with Crippen LogP contribution in [0.4, 0.5) is 4.79 Å². The van der Waals surface area contributed by atoms with Crippen LogP contribution in [0.3, 0.4) is 0 Å². The fraction of sp³-hybridized carbons (Fsp3) is 0.385. The Morgan fingerprint density at radius 3 is 2.39 bits per heavy atom. The van der Waals surface area contributed by atoms with E-state index in [1.54, 1.807) is 0 Å². The van der Waals surface area contributed by atoms with Crippen LogP contribution in [0.15, 0.2) is 24.3 Å². The van der Waals surface area contributed by atoms with Gasteiger partial charge in [-0.25, -0.2) is 4.79 Å². The molecule has 2 unspecified atom stereocenters. The molecule has 0 spiro atoms. The lowest BCUT2D eigenvalue weighted by molar-refractivity contribution is -0.119. The quantitative estimate of drug-likeness (QED) is 0.828. The summed E-state index contributed by atoms with van der Waals surface area (Å²) in [5.74, 6) is -0.508. The molecule has 0 aliphatic heterocycles. The van der Waals surface area contributed by atoms with Gasteiger partial charge in [0.15, 0.2) is 0 Å². The number of nitrogens with one attached hydrogen (secondary N) is 2. The average Bonchev–Trinajstić information content (AvgIpc) is 2.28. The lowest BCUT2D eigenvalue weighted by Gasteiger charge is -2.16. The van der Waals surface area contributed by atoms with Crippen LogP contribution >= 0.6 is 11.6 Å². The largest absolute Gasteiger partial charge is 0.331 e. The van der Waals surface area contributed by atoms with Crippen molar-refractivity contribution in [3.05, 3.63) is 35.4 Å². The van der Waals surface area contributed by atoms with Crippen molar-refractivity contribution < 1.29 is 9.59 Å². The molecular weight excluding hydrogens is 252 g/mol. The molecule has 2 N–H and O–H groups in total.